The lowest BCUT2D eigenvalue weighted by molar-refractivity contribution is -0.308. The molecule has 2 heteroatoms. The zero-order chi connectivity index (χ0) is 6.85. The molecule has 0 aliphatic heterocycles. The number of allylic oxidation sites excluding steroid dienone is 2. The van der Waals surface area contributed by atoms with Crippen LogP contribution in [0.2, 0.25) is 0 Å². The van der Waals surface area contributed by atoms with Crippen LogP contribution in [0.25, 0.3) is 0 Å². The number of ketones is 1. The van der Waals surface area contributed by atoms with Gasteiger partial charge in [0.15, 0.2) is 5.78 Å². The molecule has 1 rings (SSSR count). The molecule has 0 aromatic carbocycles. The van der Waals surface area contributed by atoms with Crippen LogP contribution >= 0.6 is 0 Å². The average Bonchev–Trinajstić information content (AvgIpc) is 1.83. The monoisotopic (exact) mass is 125 g/mol. The first-order chi connectivity index (χ1) is 4.22. The van der Waals surface area contributed by atoms with Gasteiger partial charge in [-0.3, -0.25) is 4.79 Å². The van der Waals surface area contributed by atoms with E-state index in [1.807, 2.05) is 0 Å². The second kappa shape index (κ2) is 2.21. The van der Waals surface area contributed by atoms with Crippen molar-refractivity contribution >= 4 is 5.78 Å². The Morgan fingerprint density at radius 2 is 2.11 bits per heavy atom. The lowest BCUT2D eigenvalue weighted by atomic mass is 9.98. The molecule has 50 valence electrons. The zero-order valence-corrected chi connectivity index (χ0v) is 5.44. The summed E-state index contributed by atoms with van der Waals surface area (Å²) in [5.41, 5.74) is 0.446. The highest BCUT2D eigenvalue weighted by Gasteiger charge is 2.09. The molecule has 0 spiro atoms. The Bertz CT molecular complexity index is 168. The van der Waals surface area contributed by atoms with E-state index in [1.54, 1.807) is 6.92 Å². The van der Waals surface area contributed by atoms with Gasteiger partial charge in [-0.05, 0) is 25.3 Å². The van der Waals surface area contributed by atoms with Crippen molar-refractivity contribution in [3.8, 4) is 0 Å². The van der Waals surface area contributed by atoms with E-state index < -0.39 is 0 Å². The largest absolute Gasteiger partial charge is 0.875 e. The average molecular weight is 125 g/mol. The van der Waals surface area contributed by atoms with E-state index in [4.69, 9.17) is 0 Å². The lowest BCUT2D eigenvalue weighted by Crippen LogP contribution is -2.16. The van der Waals surface area contributed by atoms with Crippen molar-refractivity contribution in [1.82, 2.24) is 0 Å². The molecule has 0 N–H and O–H groups in total. The van der Waals surface area contributed by atoms with Crippen molar-refractivity contribution < 1.29 is 9.90 Å². The first kappa shape index (κ1) is 6.33. The maximum Gasteiger partial charge on any atom is 0.157 e. The fraction of sp³-hybridized carbons (Fsp3) is 0.571. The van der Waals surface area contributed by atoms with Gasteiger partial charge in [-0.1, -0.05) is 0 Å². The van der Waals surface area contributed by atoms with Crippen LogP contribution in [0.15, 0.2) is 11.3 Å². The molecule has 0 aromatic rings. The Labute approximate surface area is 54.2 Å². The molecule has 0 radical (unpaired) electrons. The lowest BCUT2D eigenvalue weighted by Gasteiger charge is -2.19. The van der Waals surface area contributed by atoms with Crippen LogP contribution in [0.1, 0.15) is 26.2 Å². The van der Waals surface area contributed by atoms with E-state index >= 15 is 0 Å². The van der Waals surface area contributed by atoms with Gasteiger partial charge in [0.05, 0.1) is 0 Å². The van der Waals surface area contributed by atoms with Crippen LogP contribution in [0, 0.1) is 0 Å². The fourth-order valence-corrected chi connectivity index (χ4v) is 0.940. The third kappa shape index (κ3) is 1.12. The van der Waals surface area contributed by atoms with E-state index in [0.29, 0.717) is 18.4 Å². The Kier molecular flexibility index (Phi) is 1.56. The van der Waals surface area contributed by atoms with Crippen LogP contribution in [0.5, 0.6) is 0 Å². The minimum atomic E-state index is 0.0336. The molecule has 0 unspecified atom stereocenters. The fourth-order valence-electron chi connectivity index (χ4n) is 0.940. The van der Waals surface area contributed by atoms with E-state index in [2.05, 4.69) is 0 Å². The second-order valence-corrected chi connectivity index (χ2v) is 2.32. The summed E-state index contributed by atoms with van der Waals surface area (Å²) in [5, 5.41) is 10.7. The van der Waals surface area contributed by atoms with Crippen molar-refractivity contribution in [3.05, 3.63) is 11.3 Å². The molecular formula is C7H9O2-. The summed E-state index contributed by atoms with van der Waals surface area (Å²) in [4.78, 5) is 10.7. The summed E-state index contributed by atoms with van der Waals surface area (Å²) in [7, 11) is 0. The minimum absolute atomic E-state index is 0.0336. The topological polar surface area (TPSA) is 40.1 Å². The van der Waals surface area contributed by atoms with Gasteiger partial charge in [-0.15, -0.1) is 5.76 Å². The number of rotatable bonds is 0. The van der Waals surface area contributed by atoms with Gasteiger partial charge < -0.3 is 5.11 Å². The summed E-state index contributed by atoms with van der Waals surface area (Å²) in [6.45, 7) is 1.61. The first-order valence-corrected chi connectivity index (χ1v) is 3.12. The molecule has 1 aliphatic rings. The molecular weight excluding hydrogens is 116 g/mol. The van der Waals surface area contributed by atoms with Gasteiger partial charge in [0.25, 0.3) is 0 Å². The second-order valence-electron chi connectivity index (χ2n) is 2.32. The third-order valence-corrected chi connectivity index (χ3v) is 1.64. The highest BCUT2D eigenvalue weighted by molar-refractivity contribution is 5.95. The van der Waals surface area contributed by atoms with Crippen molar-refractivity contribution in [1.29, 1.82) is 0 Å². The minimum Gasteiger partial charge on any atom is -0.875 e. The maximum absolute atomic E-state index is 10.7. The van der Waals surface area contributed by atoms with Crippen molar-refractivity contribution in [2.75, 3.05) is 0 Å². The molecule has 0 aromatic heterocycles. The Balaban J connectivity index is 2.84. The predicted molar refractivity (Wildman–Crippen MR) is 31.6 cm³/mol. The molecule has 0 saturated carbocycles. The molecule has 0 atom stereocenters. The number of carbonyl (C=O) groups excluding carboxylic acids is 1. The zero-order valence-electron chi connectivity index (χ0n) is 5.44. The Morgan fingerprint density at radius 1 is 1.44 bits per heavy atom. The maximum atomic E-state index is 10.7. The van der Waals surface area contributed by atoms with Gasteiger partial charge in [0.1, 0.15) is 0 Å². The summed E-state index contributed by atoms with van der Waals surface area (Å²) in [6, 6.07) is 0. The van der Waals surface area contributed by atoms with Crippen molar-refractivity contribution in [2.45, 2.75) is 26.2 Å². The van der Waals surface area contributed by atoms with Crippen LogP contribution in [-0.2, 0) is 4.79 Å². The number of hydrogen-bond donors (Lipinski definition) is 0. The SMILES string of the molecule is CC1=C([O-])CCCC1=O. The van der Waals surface area contributed by atoms with Crippen LogP contribution in [-0.4, -0.2) is 5.78 Å². The summed E-state index contributed by atoms with van der Waals surface area (Å²) >= 11 is 0. The van der Waals surface area contributed by atoms with Gasteiger partial charge >= 0.3 is 0 Å². The standard InChI is InChI=1S/C7H10O2/c1-5-6(8)3-2-4-7(5)9/h8H,2-4H2,1H3/p-1. The van der Waals surface area contributed by atoms with E-state index in [-0.39, 0.29) is 11.5 Å². The van der Waals surface area contributed by atoms with E-state index in [0.717, 1.165) is 6.42 Å². The van der Waals surface area contributed by atoms with E-state index in [9.17, 15) is 9.90 Å². The molecule has 0 saturated heterocycles. The summed E-state index contributed by atoms with van der Waals surface area (Å²) < 4.78 is 0. The van der Waals surface area contributed by atoms with Crippen LogP contribution in [0.3, 0.4) is 0 Å². The molecule has 2 nitrogen and oxygen atoms in total. The van der Waals surface area contributed by atoms with Crippen LogP contribution in [0.4, 0.5) is 0 Å². The quantitative estimate of drug-likeness (QED) is 0.469. The molecule has 0 fully saturated rings. The predicted octanol–water partition coefficient (Wildman–Crippen LogP) is 0.374. The Hall–Kier alpha value is -0.790. The molecule has 0 amide bonds. The Morgan fingerprint density at radius 3 is 2.56 bits per heavy atom. The number of carbonyl (C=O) groups is 1. The summed E-state index contributed by atoms with van der Waals surface area (Å²) in [5.74, 6) is 0.0671. The molecule has 0 bridgehead atoms. The smallest absolute Gasteiger partial charge is 0.157 e. The highest BCUT2D eigenvalue weighted by Crippen LogP contribution is 2.16. The number of Topliss-reactive ketones (excluding diaryl/α,β-unsaturated/α-hetero) is 1. The first-order valence-electron chi connectivity index (χ1n) is 3.12. The molecule has 1 aliphatic carbocycles. The number of hydrogen-bond acceptors (Lipinski definition) is 2. The molecule has 0 heterocycles. The van der Waals surface area contributed by atoms with E-state index in [1.165, 1.54) is 0 Å². The van der Waals surface area contributed by atoms with Gasteiger partial charge in [0, 0.05) is 6.42 Å². The molecule has 9 heavy (non-hydrogen) atoms. The highest BCUT2D eigenvalue weighted by atomic mass is 16.3. The van der Waals surface area contributed by atoms with Gasteiger partial charge in [0.2, 0.25) is 0 Å². The normalized spacial score (nSPS) is 20.8. The van der Waals surface area contributed by atoms with Gasteiger partial charge in [-0.25, -0.2) is 0 Å². The van der Waals surface area contributed by atoms with Gasteiger partial charge in [-0.2, -0.15) is 0 Å². The summed E-state index contributed by atoms with van der Waals surface area (Å²) in [6.07, 6.45) is 1.88. The van der Waals surface area contributed by atoms with Crippen molar-refractivity contribution in [2.24, 2.45) is 0 Å². The van der Waals surface area contributed by atoms with Crippen LogP contribution < -0.4 is 5.11 Å². The third-order valence-electron chi connectivity index (χ3n) is 1.64. The van der Waals surface area contributed by atoms with Crippen molar-refractivity contribution in [3.63, 3.8) is 0 Å².